The van der Waals surface area contributed by atoms with Gasteiger partial charge in [0.1, 0.15) is 0 Å². The summed E-state index contributed by atoms with van der Waals surface area (Å²) in [5.74, 6) is 0.752. The van der Waals surface area contributed by atoms with Crippen molar-refractivity contribution in [2.75, 3.05) is 13.2 Å². The quantitative estimate of drug-likeness (QED) is 0.662. The molecule has 12 heavy (non-hydrogen) atoms. The van der Waals surface area contributed by atoms with Crippen molar-refractivity contribution in [1.82, 2.24) is 0 Å². The molecule has 2 heteroatoms. The summed E-state index contributed by atoms with van der Waals surface area (Å²) in [7, 11) is 0. The molecule has 0 amide bonds. The van der Waals surface area contributed by atoms with Gasteiger partial charge in [0.2, 0.25) is 0 Å². The van der Waals surface area contributed by atoms with Gasteiger partial charge in [-0.25, -0.2) is 0 Å². The first-order valence-electron chi connectivity index (χ1n) is 5.13. The van der Waals surface area contributed by atoms with Gasteiger partial charge in [0.05, 0.1) is 5.60 Å². The molecular formula is C10H21NO. The second kappa shape index (κ2) is 4.24. The van der Waals surface area contributed by atoms with E-state index in [1.807, 2.05) is 0 Å². The third-order valence-corrected chi connectivity index (χ3v) is 2.77. The summed E-state index contributed by atoms with van der Waals surface area (Å²) in [5, 5.41) is 0. The molecule has 0 aliphatic heterocycles. The van der Waals surface area contributed by atoms with Crippen molar-refractivity contribution in [1.29, 1.82) is 0 Å². The summed E-state index contributed by atoms with van der Waals surface area (Å²) in [4.78, 5) is 0. The van der Waals surface area contributed by atoms with Crippen molar-refractivity contribution in [2.24, 2.45) is 11.7 Å². The highest BCUT2D eigenvalue weighted by Crippen LogP contribution is 2.43. The van der Waals surface area contributed by atoms with E-state index in [1.165, 1.54) is 19.3 Å². The van der Waals surface area contributed by atoms with Gasteiger partial charge in [0, 0.05) is 13.2 Å². The van der Waals surface area contributed by atoms with E-state index in [4.69, 9.17) is 10.5 Å². The standard InChI is InChI=1S/C10H21NO/c1-3-7-10(8-11,12-4-2)9-5-6-9/h9H,3-8,11H2,1-2H3. The maximum atomic E-state index is 5.82. The van der Waals surface area contributed by atoms with Gasteiger partial charge in [0.25, 0.3) is 0 Å². The second-order valence-electron chi connectivity index (χ2n) is 3.73. The van der Waals surface area contributed by atoms with Gasteiger partial charge in [0.15, 0.2) is 0 Å². The largest absolute Gasteiger partial charge is 0.374 e. The molecule has 2 nitrogen and oxygen atoms in total. The summed E-state index contributed by atoms with van der Waals surface area (Å²) in [6.07, 6.45) is 4.93. The lowest BCUT2D eigenvalue weighted by molar-refractivity contribution is -0.0558. The lowest BCUT2D eigenvalue weighted by atomic mass is 9.92. The van der Waals surface area contributed by atoms with E-state index >= 15 is 0 Å². The molecule has 1 aliphatic rings. The maximum Gasteiger partial charge on any atom is 0.0831 e. The van der Waals surface area contributed by atoms with Crippen LogP contribution in [0.2, 0.25) is 0 Å². The fourth-order valence-corrected chi connectivity index (χ4v) is 2.04. The zero-order chi connectivity index (χ0) is 9.03. The first kappa shape index (κ1) is 10.0. The highest BCUT2D eigenvalue weighted by Gasteiger charge is 2.44. The Balaban J connectivity index is 2.51. The molecule has 1 fully saturated rings. The molecule has 0 aromatic carbocycles. The van der Waals surface area contributed by atoms with Crippen LogP contribution in [0.5, 0.6) is 0 Å². The number of rotatable bonds is 6. The summed E-state index contributed by atoms with van der Waals surface area (Å²) >= 11 is 0. The summed E-state index contributed by atoms with van der Waals surface area (Å²) in [6, 6.07) is 0. The minimum absolute atomic E-state index is 0.0313. The predicted octanol–water partition coefficient (Wildman–Crippen LogP) is 1.93. The van der Waals surface area contributed by atoms with Crippen LogP contribution in [0.1, 0.15) is 39.5 Å². The lowest BCUT2D eigenvalue weighted by Gasteiger charge is -2.32. The van der Waals surface area contributed by atoms with Gasteiger partial charge < -0.3 is 10.5 Å². The van der Waals surface area contributed by atoms with Gasteiger partial charge in [-0.15, -0.1) is 0 Å². The number of hydrogen-bond donors (Lipinski definition) is 1. The fraction of sp³-hybridized carbons (Fsp3) is 1.00. The Morgan fingerprint density at radius 3 is 2.42 bits per heavy atom. The lowest BCUT2D eigenvalue weighted by Crippen LogP contribution is -2.43. The highest BCUT2D eigenvalue weighted by molar-refractivity contribution is 4.96. The average Bonchev–Trinajstić information content (AvgIpc) is 2.86. The first-order chi connectivity index (χ1) is 5.79. The topological polar surface area (TPSA) is 35.2 Å². The highest BCUT2D eigenvalue weighted by atomic mass is 16.5. The number of nitrogens with two attached hydrogens (primary N) is 1. The van der Waals surface area contributed by atoms with Gasteiger partial charge in [-0.1, -0.05) is 13.3 Å². The molecule has 0 aromatic rings. The van der Waals surface area contributed by atoms with E-state index in [1.54, 1.807) is 0 Å². The molecule has 0 spiro atoms. The Bertz CT molecular complexity index is 126. The Hall–Kier alpha value is -0.0800. The molecule has 0 heterocycles. The predicted molar refractivity (Wildman–Crippen MR) is 51.0 cm³/mol. The molecule has 0 radical (unpaired) electrons. The molecule has 0 saturated heterocycles. The minimum Gasteiger partial charge on any atom is -0.374 e. The van der Waals surface area contributed by atoms with Crippen LogP contribution in [0.15, 0.2) is 0 Å². The van der Waals surface area contributed by atoms with Gasteiger partial charge in [-0.2, -0.15) is 0 Å². The van der Waals surface area contributed by atoms with Crippen LogP contribution in [0, 0.1) is 5.92 Å². The molecule has 2 N–H and O–H groups in total. The van der Waals surface area contributed by atoms with Crippen LogP contribution in [-0.4, -0.2) is 18.8 Å². The number of hydrogen-bond acceptors (Lipinski definition) is 2. The normalized spacial score (nSPS) is 22.2. The molecule has 1 rings (SSSR count). The summed E-state index contributed by atoms with van der Waals surface area (Å²) in [6.45, 7) is 5.75. The molecule has 1 saturated carbocycles. The van der Waals surface area contributed by atoms with Gasteiger partial charge in [-0.3, -0.25) is 0 Å². The van der Waals surface area contributed by atoms with E-state index in [-0.39, 0.29) is 5.60 Å². The van der Waals surface area contributed by atoms with E-state index in [2.05, 4.69) is 13.8 Å². The molecular weight excluding hydrogens is 150 g/mol. The monoisotopic (exact) mass is 171 g/mol. The molecule has 0 bridgehead atoms. The van der Waals surface area contributed by atoms with Crippen LogP contribution < -0.4 is 5.73 Å². The second-order valence-corrected chi connectivity index (χ2v) is 3.73. The van der Waals surface area contributed by atoms with Crippen LogP contribution in [0.25, 0.3) is 0 Å². The maximum absolute atomic E-state index is 5.82. The van der Waals surface area contributed by atoms with Crippen molar-refractivity contribution in [3.05, 3.63) is 0 Å². The van der Waals surface area contributed by atoms with Gasteiger partial charge >= 0.3 is 0 Å². The van der Waals surface area contributed by atoms with Crippen molar-refractivity contribution in [3.8, 4) is 0 Å². The van der Waals surface area contributed by atoms with Crippen LogP contribution >= 0.6 is 0 Å². The molecule has 1 aliphatic carbocycles. The third kappa shape index (κ3) is 1.99. The number of ether oxygens (including phenoxy) is 1. The summed E-state index contributed by atoms with van der Waals surface area (Å²) in [5.41, 5.74) is 5.83. The summed E-state index contributed by atoms with van der Waals surface area (Å²) < 4.78 is 5.82. The van der Waals surface area contributed by atoms with E-state index in [0.29, 0.717) is 6.54 Å². The van der Waals surface area contributed by atoms with E-state index in [0.717, 1.165) is 18.9 Å². The third-order valence-electron chi connectivity index (χ3n) is 2.77. The zero-order valence-corrected chi connectivity index (χ0v) is 8.31. The van der Waals surface area contributed by atoms with Crippen LogP contribution in [0.3, 0.4) is 0 Å². The van der Waals surface area contributed by atoms with Crippen molar-refractivity contribution in [2.45, 2.75) is 45.1 Å². The van der Waals surface area contributed by atoms with Crippen LogP contribution in [0.4, 0.5) is 0 Å². The van der Waals surface area contributed by atoms with Gasteiger partial charge in [-0.05, 0) is 32.1 Å². The smallest absolute Gasteiger partial charge is 0.0831 e. The van der Waals surface area contributed by atoms with E-state index < -0.39 is 0 Å². The van der Waals surface area contributed by atoms with Crippen molar-refractivity contribution in [3.63, 3.8) is 0 Å². The Morgan fingerprint density at radius 1 is 1.42 bits per heavy atom. The fourth-order valence-electron chi connectivity index (χ4n) is 2.04. The Morgan fingerprint density at radius 2 is 2.08 bits per heavy atom. The Kier molecular flexibility index (Phi) is 3.53. The molecule has 1 atom stereocenters. The molecule has 72 valence electrons. The molecule has 1 unspecified atom stereocenters. The van der Waals surface area contributed by atoms with Crippen LogP contribution in [-0.2, 0) is 4.74 Å². The Labute approximate surface area is 75.5 Å². The minimum atomic E-state index is 0.0313. The first-order valence-corrected chi connectivity index (χ1v) is 5.13. The zero-order valence-electron chi connectivity index (χ0n) is 8.31. The molecule has 0 aromatic heterocycles. The van der Waals surface area contributed by atoms with Crippen molar-refractivity contribution >= 4 is 0 Å². The van der Waals surface area contributed by atoms with Crippen molar-refractivity contribution < 1.29 is 4.74 Å². The average molecular weight is 171 g/mol. The van der Waals surface area contributed by atoms with E-state index in [9.17, 15) is 0 Å². The SMILES string of the molecule is CCCC(CN)(OCC)C1CC1.